The number of hydrogen-bond acceptors (Lipinski definition) is 5. The molecule has 0 saturated carbocycles. The summed E-state index contributed by atoms with van der Waals surface area (Å²) in [7, 11) is 0. The predicted octanol–water partition coefficient (Wildman–Crippen LogP) is 4.48. The van der Waals surface area contributed by atoms with Crippen molar-refractivity contribution in [1.29, 1.82) is 0 Å². The van der Waals surface area contributed by atoms with Crippen LogP contribution in [0.15, 0.2) is 46.1 Å². The van der Waals surface area contributed by atoms with E-state index in [1.54, 1.807) is 12.4 Å². The van der Waals surface area contributed by atoms with Crippen LogP contribution in [0, 0.1) is 13.8 Å². The van der Waals surface area contributed by atoms with Crippen molar-refractivity contribution < 1.29 is 9.21 Å². The minimum absolute atomic E-state index is 0.129. The largest absolute Gasteiger partial charge is 0.460 e. The number of carbonyl (C=O) groups is 1. The molecule has 0 spiro atoms. The average Bonchev–Trinajstić information content (AvgIpc) is 3.13. The normalized spacial score (nSPS) is 11.3. The number of hydrogen-bond donors (Lipinski definition) is 1. The summed E-state index contributed by atoms with van der Waals surface area (Å²) < 4.78 is 7.58. The minimum Gasteiger partial charge on any atom is -0.460 e. The molecule has 1 amide bonds. The molecule has 0 fully saturated rings. The Morgan fingerprint density at radius 3 is 3.00 bits per heavy atom. The Bertz CT molecular complexity index is 1140. The lowest BCUT2D eigenvalue weighted by molar-refractivity contribution is -0.113. The Balaban J connectivity index is 1.53. The fourth-order valence-corrected chi connectivity index (χ4v) is 3.69. The van der Waals surface area contributed by atoms with E-state index in [0.29, 0.717) is 15.7 Å². The quantitative estimate of drug-likeness (QED) is 0.523. The number of amides is 1. The highest BCUT2D eigenvalue weighted by atomic mass is 35.5. The van der Waals surface area contributed by atoms with Crippen LogP contribution < -0.4 is 5.32 Å². The van der Waals surface area contributed by atoms with E-state index in [1.165, 1.54) is 11.8 Å². The number of thioether (sulfide) groups is 1. The topological polar surface area (TPSA) is 72.4 Å². The highest BCUT2D eigenvalue weighted by Gasteiger charge is 2.14. The Morgan fingerprint density at radius 1 is 1.31 bits per heavy atom. The third-order valence-electron chi connectivity index (χ3n) is 4.07. The molecule has 8 heteroatoms. The van der Waals surface area contributed by atoms with Gasteiger partial charge in [0.2, 0.25) is 5.91 Å². The van der Waals surface area contributed by atoms with Crippen LogP contribution in [-0.4, -0.2) is 26.3 Å². The zero-order valence-electron chi connectivity index (χ0n) is 14.1. The van der Waals surface area contributed by atoms with E-state index in [4.69, 9.17) is 16.0 Å². The summed E-state index contributed by atoms with van der Waals surface area (Å²) >= 11 is 7.42. The maximum absolute atomic E-state index is 12.3. The van der Waals surface area contributed by atoms with Crippen molar-refractivity contribution >= 4 is 51.6 Å². The standard InChI is InChI=1S/C18H15ClN4O2S/c1-10-6-14-16(25-10)7-15-18(22-20-9-23(14)15)26-8-17(24)21-13-5-3-4-12(19)11(13)2/h3-7,9H,8H2,1-2H3,(H,21,24). The number of rotatable bonds is 4. The number of aromatic nitrogens is 3. The molecule has 0 saturated heterocycles. The number of fused-ring (bicyclic) bond motifs is 3. The van der Waals surface area contributed by atoms with Gasteiger partial charge in [0.25, 0.3) is 0 Å². The fraction of sp³-hybridized carbons (Fsp3) is 0.167. The van der Waals surface area contributed by atoms with Crippen LogP contribution in [0.4, 0.5) is 5.69 Å². The van der Waals surface area contributed by atoms with Crippen LogP contribution in [0.25, 0.3) is 16.6 Å². The molecule has 3 heterocycles. The lowest BCUT2D eigenvalue weighted by Crippen LogP contribution is -2.15. The van der Waals surface area contributed by atoms with Crippen molar-refractivity contribution in [1.82, 2.24) is 14.6 Å². The number of carbonyl (C=O) groups excluding carboxylic acids is 1. The molecule has 0 bridgehead atoms. The number of halogens is 1. The number of furan rings is 1. The minimum atomic E-state index is -0.129. The van der Waals surface area contributed by atoms with E-state index >= 15 is 0 Å². The third-order valence-corrected chi connectivity index (χ3v) is 5.45. The number of anilines is 1. The summed E-state index contributed by atoms with van der Waals surface area (Å²) in [5.74, 6) is 0.924. The summed E-state index contributed by atoms with van der Waals surface area (Å²) in [5.41, 5.74) is 4.14. The van der Waals surface area contributed by atoms with Crippen molar-refractivity contribution in [3.05, 3.63) is 53.0 Å². The fourth-order valence-electron chi connectivity index (χ4n) is 2.77. The Hall–Kier alpha value is -2.51. The van der Waals surface area contributed by atoms with Crippen LogP contribution in [-0.2, 0) is 4.79 Å². The zero-order chi connectivity index (χ0) is 18.3. The Labute approximate surface area is 158 Å². The average molecular weight is 387 g/mol. The second-order valence-electron chi connectivity index (χ2n) is 5.89. The first-order valence-corrected chi connectivity index (χ1v) is 9.30. The maximum Gasteiger partial charge on any atom is 0.234 e. The van der Waals surface area contributed by atoms with E-state index in [9.17, 15) is 4.79 Å². The summed E-state index contributed by atoms with van der Waals surface area (Å²) in [6.45, 7) is 3.77. The second-order valence-corrected chi connectivity index (χ2v) is 7.26. The number of nitrogens with zero attached hydrogens (tertiary/aromatic N) is 3. The number of aryl methyl sites for hydroxylation is 1. The highest BCUT2D eigenvalue weighted by molar-refractivity contribution is 8.00. The van der Waals surface area contributed by atoms with Crippen LogP contribution in [0.3, 0.4) is 0 Å². The van der Waals surface area contributed by atoms with Gasteiger partial charge in [-0.05, 0) is 31.5 Å². The second kappa shape index (κ2) is 6.66. The molecular weight excluding hydrogens is 372 g/mol. The molecule has 1 aromatic carbocycles. The lowest BCUT2D eigenvalue weighted by atomic mass is 10.2. The van der Waals surface area contributed by atoms with Crippen LogP contribution >= 0.6 is 23.4 Å². The van der Waals surface area contributed by atoms with Gasteiger partial charge in [0, 0.05) is 22.8 Å². The van der Waals surface area contributed by atoms with Gasteiger partial charge in [0.15, 0.2) is 5.58 Å². The summed E-state index contributed by atoms with van der Waals surface area (Å²) in [4.78, 5) is 12.3. The molecule has 0 atom stereocenters. The molecule has 0 aliphatic carbocycles. The Kier molecular flexibility index (Phi) is 4.34. The van der Waals surface area contributed by atoms with Gasteiger partial charge in [-0.2, -0.15) is 0 Å². The summed E-state index contributed by atoms with van der Waals surface area (Å²) in [6.07, 6.45) is 1.64. The van der Waals surface area contributed by atoms with Crippen molar-refractivity contribution in [3.63, 3.8) is 0 Å². The van der Waals surface area contributed by atoms with Gasteiger partial charge in [0.1, 0.15) is 17.1 Å². The molecule has 0 aliphatic heterocycles. The van der Waals surface area contributed by atoms with Gasteiger partial charge in [-0.1, -0.05) is 29.4 Å². The van der Waals surface area contributed by atoms with Crippen molar-refractivity contribution in [2.45, 2.75) is 18.9 Å². The van der Waals surface area contributed by atoms with E-state index in [0.717, 1.165) is 27.9 Å². The lowest BCUT2D eigenvalue weighted by Gasteiger charge is -2.09. The van der Waals surface area contributed by atoms with E-state index in [1.807, 2.05) is 42.5 Å². The first kappa shape index (κ1) is 16.9. The van der Waals surface area contributed by atoms with Gasteiger partial charge in [-0.15, -0.1) is 10.2 Å². The smallest absolute Gasteiger partial charge is 0.234 e. The van der Waals surface area contributed by atoms with Crippen molar-refractivity contribution in [2.75, 3.05) is 11.1 Å². The maximum atomic E-state index is 12.3. The molecule has 0 aliphatic rings. The van der Waals surface area contributed by atoms with E-state index in [2.05, 4.69) is 15.5 Å². The SMILES string of the molecule is Cc1cc2c(cc3c(SCC(=O)Nc4cccc(Cl)c4C)nncn32)o1. The molecule has 1 N–H and O–H groups in total. The van der Waals surface area contributed by atoms with Gasteiger partial charge >= 0.3 is 0 Å². The predicted molar refractivity (Wildman–Crippen MR) is 103 cm³/mol. The Morgan fingerprint density at radius 2 is 2.15 bits per heavy atom. The molecule has 4 rings (SSSR count). The van der Waals surface area contributed by atoms with Crippen LogP contribution in [0.2, 0.25) is 5.02 Å². The zero-order valence-corrected chi connectivity index (χ0v) is 15.7. The molecule has 6 nitrogen and oxygen atoms in total. The molecule has 0 unspecified atom stereocenters. The summed E-state index contributed by atoms with van der Waals surface area (Å²) in [6, 6.07) is 9.29. The van der Waals surface area contributed by atoms with Gasteiger partial charge in [-0.3, -0.25) is 9.20 Å². The number of nitrogens with one attached hydrogen (secondary N) is 1. The van der Waals surface area contributed by atoms with Crippen molar-refractivity contribution in [3.8, 4) is 0 Å². The van der Waals surface area contributed by atoms with E-state index < -0.39 is 0 Å². The summed E-state index contributed by atoms with van der Waals surface area (Å²) in [5, 5.41) is 12.4. The van der Waals surface area contributed by atoms with Crippen LogP contribution in [0.1, 0.15) is 11.3 Å². The van der Waals surface area contributed by atoms with Gasteiger partial charge < -0.3 is 9.73 Å². The first-order valence-electron chi connectivity index (χ1n) is 7.93. The number of benzene rings is 1. The monoisotopic (exact) mass is 386 g/mol. The highest BCUT2D eigenvalue weighted by Crippen LogP contribution is 2.29. The molecule has 0 radical (unpaired) electrons. The van der Waals surface area contributed by atoms with Crippen LogP contribution in [0.5, 0.6) is 0 Å². The molecular formula is C18H15ClN4O2S. The molecule has 3 aromatic heterocycles. The van der Waals surface area contributed by atoms with Crippen molar-refractivity contribution in [2.24, 2.45) is 0 Å². The first-order chi connectivity index (χ1) is 12.5. The van der Waals surface area contributed by atoms with Gasteiger partial charge in [-0.25, -0.2) is 0 Å². The van der Waals surface area contributed by atoms with Gasteiger partial charge in [0.05, 0.1) is 16.8 Å². The van der Waals surface area contributed by atoms with E-state index in [-0.39, 0.29) is 11.7 Å². The molecule has 4 aromatic rings. The molecule has 132 valence electrons. The third kappa shape index (κ3) is 3.04. The molecule has 26 heavy (non-hydrogen) atoms.